The van der Waals surface area contributed by atoms with Crippen LogP contribution in [0.2, 0.25) is 0 Å². The maximum Gasteiger partial charge on any atom is 0.255 e. The highest BCUT2D eigenvalue weighted by molar-refractivity contribution is 9.10. The second-order valence-corrected chi connectivity index (χ2v) is 6.20. The molecule has 0 spiro atoms. The van der Waals surface area contributed by atoms with Crippen LogP contribution in [0.5, 0.6) is 0 Å². The van der Waals surface area contributed by atoms with Gasteiger partial charge < -0.3 is 5.32 Å². The Bertz CT molecular complexity index is 634. The van der Waals surface area contributed by atoms with Gasteiger partial charge in [0.15, 0.2) is 0 Å². The number of hydrogen-bond acceptors (Lipinski definition) is 1. The largest absolute Gasteiger partial charge is 0.322 e. The molecule has 21 heavy (non-hydrogen) atoms. The fourth-order valence-corrected chi connectivity index (χ4v) is 2.45. The molecule has 1 atom stereocenters. The molecule has 1 amide bonds. The zero-order valence-corrected chi connectivity index (χ0v) is 14.2. The Morgan fingerprint density at radius 1 is 1.19 bits per heavy atom. The second kappa shape index (κ2) is 6.90. The third kappa shape index (κ3) is 3.94. The molecule has 1 unspecified atom stereocenters. The molecule has 0 aliphatic rings. The first-order chi connectivity index (χ1) is 10.0. The van der Waals surface area contributed by atoms with Crippen LogP contribution in [0.3, 0.4) is 0 Å². The van der Waals surface area contributed by atoms with Gasteiger partial charge in [0.2, 0.25) is 0 Å². The van der Waals surface area contributed by atoms with Gasteiger partial charge in [-0.3, -0.25) is 4.79 Å². The van der Waals surface area contributed by atoms with Crippen LogP contribution in [0.4, 0.5) is 5.69 Å². The minimum absolute atomic E-state index is 0.0908. The summed E-state index contributed by atoms with van der Waals surface area (Å²) in [6, 6.07) is 13.7. The van der Waals surface area contributed by atoms with Crippen LogP contribution in [-0.4, -0.2) is 5.91 Å². The van der Waals surface area contributed by atoms with Crippen LogP contribution in [0.25, 0.3) is 0 Å². The Labute approximate surface area is 134 Å². The van der Waals surface area contributed by atoms with E-state index >= 15 is 0 Å². The van der Waals surface area contributed by atoms with Gasteiger partial charge in [0.25, 0.3) is 5.91 Å². The van der Waals surface area contributed by atoms with Gasteiger partial charge in [0.05, 0.1) is 0 Å². The van der Waals surface area contributed by atoms with Crippen LogP contribution in [-0.2, 0) is 0 Å². The molecule has 0 radical (unpaired) electrons. The first-order valence-electron chi connectivity index (χ1n) is 7.18. The molecule has 0 saturated heterocycles. The zero-order chi connectivity index (χ0) is 15.4. The van der Waals surface area contributed by atoms with Gasteiger partial charge in [-0.05, 0) is 54.7 Å². The van der Waals surface area contributed by atoms with Crippen LogP contribution >= 0.6 is 15.9 Å². The monoisotopic (exact) mass is 345 g/mol. The normalized spacial score (nSPS) is 12.0. The van der Waals surface area contributed by atoms with Crippen LogP contribution in [0.1, 0.15) is 47.7 Å². The Morgan fingerprint density at radius 2 is 1.86 bits per heavy atom. The number of benzene rings is 2. The predicted molar refractivity (Wildman–Crippen MR) is 92.0 cm³/mol. The standard InChI is InChI=1S/C18H20BrNO/c1-4-12(2)14-7-9-16(10-8-14)20-18(21)15-6-5-13(3)17(19)11-15/h5-12H,4H2,1-3H3,(H,20,21). The quantitative estimate of drug-likeness (QED) is 0.776. The molecule has 2 aromatic carbocycles. The van der Waals surface area contributed by atoms with Crippen molar-refractivity contribution in [3.05, 3.63) is 63.6 Å². The summed E-state index contributed by atoms with van der Waals surface area (Å²) in [7, 11) is 0. The first-order valence-corrected chi connectivity index (χ1v) is 7.98. The molecule has 1 N–H and O–H groups in total. The summed E-state index contributed by atoms with van der Waals surface area (Å²) in [5.74, 6) is 0.454. The molecule has 0 aromatic heterocycles. The Hall–Kier alpha value is -1.61. The van der Waals surface area contributed by atoms with E-state index in [2.05, 4.69) is 47.2 Å². The van der Waals surface area contributed by atoms with Crippen molar-refractivity contribution in [2.75, 3.05) is 5.32 Å². The number of aryl methyl sites for hydroxylation is 1. The highest BCUT2D eigenvalue weighted by Crippen LogP contribution is 2.22. The van der Waals surface area contributed by atoms with E-state index in [-0.39, 0.29) is 5.91 Å². The summed E-state index contributed by atoms with van der Waals surface area (Å²) in [6.45, 7) is 6.38. The zero-order valence-electron chi connectivity index (χ0n) is 12.6. The molecule has 3 heteroatoms. The molecule has 2 rings (SSSR count). The minimum atomic E-state index is -0.0908. The van der Waals surface area contributed by atoms with Crippen molar-refractivity contribution in [3.63, 3.8) is 0 Å². The molecule has 110 valence electrons. The van der Waals surface area contributed by atoms with Gasteiger partial charge in [-0.1, -0.05) is 48.0 Å². The lowest BCUT2D eigenvalue weighted by Crippen LogP contribution is -2.12. The van der Waals surface area contributed by atoms with Gasteiger partial charge in [0.1, 0.15) is 0 Å². The number of rotatable bonds is 4. The highest BCUT2D eigenvalue weighted by atomic mass is 79.9. The number of carbonyl (C=O) groups excluding carboxylic acids is 1. The van der Waals surface area contributed by atoms with Gasteiger partial charge in [-0.2, -0.15) is 0 Å². The van der Waals surface area contributed by atoms with Crippen molar-refractivity contribution in [3.8, 4) is 0 Å². The van der Waals surface area contributed by atoms with E-state index in [4.69, 9.17) is 0 Å². The van der Waals surface area contributed by atoms with Crippen molar-refractivity contribution in [1.29, 1.82) is 0 Å². The summed E-state index contributed by atoms with van der Waals surface area (Å²) in [5, 5.41) is 2.93. The van der Waals surface area contributed by atoms with Crippen LogP contribution < -0.4 is 5.32 Å². The summed E-state index contributed by atoms with van der Waals surface area (Å²) in [5.41, 5.74) is 3.89. The van der Waals surface area contributed by atoms with E-state index in [9.17, 15) is 4.79 Å². The Morgan fingerprint density at radius 3 is 2.43 bits per heavy atom. The SMILES string of the molecule is CCC(C)c1ccc(NC(=O)c2ccc(C)c(Br)c2)cc1. The number of carbonyl (C=O) groups is 1. The molecular formula is C18H20BrNO. The average molecular weight is 346 g/mol. The lowest BCUT2D eigenvalue weighted by atomic mass is 9.98. The molecule has 0 heterocycles. The fourth-order valence-electron chi connectivity index (χ4n) is 2.07. The fraction of sp³-hybridized carbons (Fsp3) is 0.278. The summed E-state index contributed by atoms with van der Waals surface area (Å²) >= 11 is 3.45. The van der Waals surface area contributed by atoms with Gasteiger partial charge in [0, 0.05) is 15.7 Å². The third-order valence-electron chi connectivity index (χ3n) is 3.78. The van der Waals surface area contributed by atoms with E-state index in [1.807, 2.05) is 37.3 Å². The minimum Gasteiger partial charge on any atom is -0.322 e. The lowest BCUT2D eigenvalue weighted by molar-refractivity contribution is 0.102. The van der Waals surface area contributed by atoms with E-state index in [1.54, 1.807) is 0 Å². The highest BCUT2D eigenvalue weighted by Gasteiger charge is 2.08. The number of anilines is 1. The smallest absolute Gasteiger partial charge is 0.255 e. The maximum absolute atomic E-state index is 12.2. The lowest BCUT2D eigenvalue weighted by Gasteiger charge is -2.11. The average Bonchev–Trinajstić information content (AvgIpc) is 2.50. The van der Waals surface area contributed by atoms with E-state index in [0.717, 1.165) is 22.1 Å². The number of hydrogen-bond donors (Lipinski definition) is 1. The number of nitrogens with one attached hydrogen (secondary N) is 1. The van der Waals surface area contributed by atoms with Crippen LogP contribution in [0, 0.1) is 6.92 Å². The molecule has 0 aliphatic carbocycles. The summed E-state index contributed by atoms with van der Waals surface area (Å²) in [4.78, 5) is 12.2. The summed E-state index contributed by atoms with van der Waals surface area (Å²) < 4.78 is 0.947. The van der Waals surface area contributed by atoms with Gasteiger partial charge >= 0.3 is 0 Å². The Kier molecular flexibility index (Phi) is 5.18. The van der Waals surface area contributed by atoms with E-state index in [0.29, 0.717) is 11.5 Å². The predicted octanol–water partition coefficient (Wildman–Crippen LogP) is 5.52. The van der Waals surface area contributed by atoms with Crippen molar-refractivity contribution in [1.82, 2.24) is 0 Å². The van der Waals surface area contributed by atoms with Crippen LogP contribution in [0.15, 0.2) is 46.9 Å². The maximum atomic E-state index is 12.2. The summed E-state index contributed by atoms with van der Waals surface area (Å²) in [6.07, 6.45) is 1.11. The first kappa shape index (κ1) is 15.8. The number of halogens is 1. The molecular weight excluding hydrogens is 326 g/mol. The third-order valence-corrected chi connectivity index (χ3v) is 4.64. The molecule has 2 nitrogen and oxygen atoms in total. The van der Waals surface area contributed by atoms with Crippen molar-refractivity contribution in [2.24, 2.45) is 0 Å². The van der Waals surface area contributed by atoms with E-state index < -0.39 is 0 Å². The van der Waals surface area contributed by atoms with Gasteiger partial charge in [-0.15, -0.1) is 0 Å². The van der Waals surface area contributed by atoms with Crippen molar-refractivity contribution < 1.29 is 4.79 Å². The van der Waals surface area contributed by atoms with Crippen molar-refractivity contribution >= 4 is 27.5 Å². The van der Waals surface area contributed by atoms with E-state index in [1.165, 1.54) is 5.56 Å². The molecule has 0 saturated carbocycles. The van der Waals surface area contributed by atoms with Gasteiger partial charge in [-0.25, -0.2) is 0 Å². The van der Waals surface area contributed by atoms with Crippen molar-refractivity contribution in [2.45, 2.75) is 33.1 Å². The Balaban J connectivity index is 2.10. The number of amides is 1. The molecule has 2 aromatic rings. The molecule has 0 bridgehead atoms. The topological polar surface area (TPSA) is 29.1 Å². The molecule has 0 fully saturated rings. The molecule has 0 aliphatic heterocycles. The second-order valence-electron chi connectivity index (χ2n) is 5.35.